The van der Waals surface area contributed by atoms with Crippen LogP contribution in [0.5, 0.6) is 11.6 Å². The zero-order valence-corrected chi connectivity index (χ0v) is 14.4. The Labute approximate surface area is 151 Å². The Morgan fingerprint density at radius 2 is 2.12 bits per heavy atom. The highest BCUT2D eigenvalue weighted by molar-refractivity contribution is 5.86. The topological polar surface area (TPSA) is 73.3 Å². The predicted molar refractivity (Wildman–Crippen MR) is 96.1 cm³/mol. The Morgan fingerprint density at radius 3 is 2.81 bits per heavy atom. The number of carbonyl (C=O) groups excluding carboxylic acids is 1. The van der Waals surface area contributed by atoms with E-state index in [4.69, 9.17) is 4.74 Å². The zero-order chi connectivity index (χ0) is 17.9. The molecule has 1 atom stereocenters. The van der Waals surface area contributed by atoms with Crippen LogP contribution in [0.1, 0.15) is 28.0 Å². The molecule has 26 heavy (non-hydrogen) atoms. The van der Waals surface area contributed by atoms with Gasteiger partial charge < -0.3 is 14.8 Å². The third kappa shape index (κ3) is 3.36. The summed E-state index contributed by atoms with van der Waals surface area (Å²) in [6, 6.07) is 6.48. The minimum Gasteiger partial charge on any atom is -0.464 e. The van der Waals surface area contributed by atoms with Crippen LogP contribution in [0.25, 0.3) is 0 Å². The van der Waals surface area contributed by atoms with E-state index >= 15 is 0 Å². The van der Waals surface area contributed by atoms with Gasteiger partial charge in [-0.1, -0.05) is 24.3 Å². The molecule has 1 unspecified atom stereocenters. The summed E-state index contributed by atoms with van der Waals surface area (Å²) in [6.07, 6.45) is 11.2. The first kappa shape index (κ1) is 16.5. The van der Waals surface area contributed by atoms with Gasteiger partial charge in [-0.25, -0.2) is 14.8 Å². The van der Waals surface area contributed by atoms with Crippen molar-refractivity contribution in [2.24, 2.45) is 0 Å². The Hall–Kier alpha value is -2.99. The number of aromatic nitrogens is 2. The van der Waals surface area contributed by atoms with Crippen LogP contribution >= 0.6 is 0 Å². The summed E-state index contributed by atoms with van der Waals surface area (Å²) in [5.41, 5.74) is 4.09. The molecule has 0 radical (unpaired) electrons. The van der Waals surface area contributed by atoms with E-state index < -0.39 is 5.97 Å². The lowest BCUT2D eigenvalue weighted by molar-refractivity contribution is 0.0593. The molecule has 0 fully saturated rings. The van der Waals surface area contributed by atoms with Gasteiger partial charge in [0.1, 0.15) is 5.75 Å². The molecule has 0 bridgehead atoms. The van der Waals surface area contributed by atoms with Gasteiger partial charge in [-0.2, -0.15) is 0 Å². The highest BCUT2D eigenvalue weighted by Crippen LogP contribution is 2.27. The summed E-state index contributed by atoms with van der Waals surface area (Å²) in [5, 5.41) is 3.60. The molecule has 6 nitrogen and oxygen atoms in total. The largest absolute Gasteiger partial charge is 0.464 e. The minimum absolute atomic E-state index is 0.151. The third-order valence-electron chi connectivity index (χ3n) is 4.64. The van der Waals surface area contributed by atoms with Crippen molar-refractivity contribution in [2.75, 3.05) is 7.11 Å². The summed E-state index contributed by atoms with van der Waals surface area (Å²) < 4.78 is 10.4. The van der Waals surface area contributed by atoms with Gasteiger partial charge in [0.25, 0.3) is 0 Å². The van der Waals surface area contributed by atoms with Crippen LogP contribution < -0.4 is 10.1 Å². The molecule has 1 N–H and O–H groups in total. The van der Waals surface area contributed by atoms with E-state index in [-0.39, 0.29) is 5.69 Å². The van der Waals surface area contributed by atoms with E-state index in [1.807, 2.05) is 6.07 Å². The summed E-state index contributed by atoms with van der Waals surface area (Å²) in [4.78, 5) is 19.5. The molecule has 2 heterocycles. The maximum atomic E-state index is 11.4. The molecule has 0 spiro atoms. The molecule has 0 saturated carbocycles. The van der Waals surface area contributed by atoms with Crippen LogP contribution in [0.15, 0.2) is 54.4 Å². The fraction of sp³-hybridized carbons (Fsp3) is 0.250. The number of hydrogen-bond donors (Lipinski definition) is 1. The molecule has 2 aromatic rings. The molecule has 2 aliphatic rings. The predicted octanol–water partition coefficient (Wildman–Crippen LogP) is 2.96. The number of ether oxygens (including phenoxy) is 2. The molecule has 0 saturated heterocycles. The first-order chi connectivity index (χ1) is 12.7. The smallest absolute Gasteiger partial charge is 0.358 e. The highest BCUT2D eigenvalue weighted by atomic mass is 16.5. The molecule has 6 heteroatoms. The van der Waals surface area contributed by atoms with Crippen LogP contribution in [0, 0.1) is 0 Å². The van der Waals surface area contributed by atoms with Gasteiger partial charge in [-0.15, -0.1) is 0 Å². The molecule has 1 aliphatic heterocycles. The maximum absolute atomic E-state index is 11.4. The van der Waals surface area contributed by atoms with Crippen LogP contribution in [0.4, 0.5) is 0 Å². The quantitative estimate of drug-likeness (QED) is 0.856. The van der Waals surface area contributed by atoms with Gasteiger partial charge in [0.15, 0.2) is 5.69 Å². The van der Waals surface area contributed by atoms with Crippen molar-refractivity contribution >= 4 is 5.97 Å². The minimum atomic E-state index is -0.521. The van der Waals surface area contributed by atoms with E-state index in [9.17, 15) is 4.79 Å². The second kappa shape index (κ2) is 7.09. The van der Waals surface area contributed by atoms with E-state index in [0.717, 1.165) is 19.4 Å². The number of allylic oxidation sites excluding steroid dienone is 2. The molecule has 0 amide bonds. The van der Waals surface area contributed by atoms with E-state index in [0.29, 0.717) is 17.7 Å². The van der Waals surface area contributed by atoms with E-state index in [1.54, 1.807) is 0 Å². The van der Waals surface area contributed by atoms with Crippen molar-refractivity contribution in [1.82, 2.24) is 15.3 Å². The van der Waals surface area contributed by atoms with E-state index in [2.05, 4.69) is 50.4 Å². The average molecular weight is 349 g/mol. The number of benzene rings is 1. The molecule has 1 aromatic carbocycles. The van der Waals surface area contributed by atoms with Crippen molar-refractivity contribution in [3.05, 3.63) is 71.2 Å². The first-order valence-electron chi connectivity index (χ1n) is 8.54. The SMILES string of the molecule is COC(=O)c1cnc(Oc2ccc3c(c2)CCC(C2=CC=C2)NC3)cn1. The summed E-state index contributed by atoms with van der Waals surface area (Å²) in [7, 11) is 1.31. The maximum Gasteiger partial charge on any atom is 0.358 e. The van der Waals surface area contributed by atoms with Gasteiger partial charge in [-0.05, 0) is 41.7 Å². The van der Waals surface area contributed by atoms with Gasteiger partial charge in [0.05, 0.1) is 19.5 Å². The van der Waals surface area contributed by atoms with Gasteiger partial charge in [0.2, 0.25) is 5.88 Å². The van der Waals surface area contributed by atoms with Gasteiger partial charge >= 0.3 is 5.97 Å². The van der Waals surface area contributed by atoms with Crippen molar-refractivity contribution in [1.29, 1.82) is 0 Å². The summed E-state index contributed by atoms with van der Waals surface area (Å²) in [5.74, 6) is 0.532. The van der Waals surface area contributed by atoms with Crippen LogP contribution in [-0.4, -0.2) is 29.1 Å². The monoisotopic (exact) mass is 349 g/mol. The number of aryl methyl sites for hydroxylation is 1. The number of rotatable bonds is 4. The van der Waals surface area contributed by atoms with Crippen LogP contribution in [-0.2, 0) is 17.7 Å². The number of fused-ring (bicyclic) bond motifs is 1. The second-order valence-electron chi connectivity index (χ2n) is 6.26. The summed E-state index contributed by atoms with van der Waals surface area (Å²) >= 11 is 0. The molecular formula is C20H19N3O3. The third-order valence-corrected chi connectivity index (χ3v) is 4.64. The Balaban J connectivity index is 1.46. The van der Waals surface area contributed by atoms with Crippen LogP contribution in [0.3, 0.4) is 0 Å². The Morgan fingerprint density at radius 1 is 1.23 bits per heavy atom. The van der Waals surface area contributed by atoms with Crippen molar-refractivity contribution in [3.8, 4) is 11.6 Å². The van der Waals surface area contributed by atoms with Crippen molar-refractivity contribution in [3.63, 3.8) is 0 Å². The lowest BCUT2D eigenvalue weighted by atomic mass is 9.95. The number of carbonyl (C=O) groups is 1. The first-order valence-corrected chi connectivity index (χ1v) is 8.54. The number of hydrogen-bond acceptors (Lipinski definition) is 6. The molecule has 132 valence electrons. The molecule has 4 rings (SSSR count). The highest BCUT2D eigenvalue weighted by Gasteiger charge is 2.19. The summed E-state index contributed by atoms with van der Waals surface area (Å²) in [6.45, 7) is 0.846. The number of methoxy groups -OCH3 is 1. The normalized spacial score (nSPS) is 18.2. The molecule has 1 aliphatic carbocycles. The van der Waals surface area contributed by atoms with Crippen LogP contribution in [0.2, 0.25) is 0 Å². The van der Waals surface area contributed by atoms with Crippen molar-refractivity contribution < 1.29 is 14.3 Å². The van der Waals surface area contributed by atoms with Crippen molar-refractivity contribution in [2.45, 2.75) is 25.4 Å². The molecular weight excluding hydrogens is 330 g/mol. The van der Waals surface area contributed by atoms with Gasteiger partial charge in [-0.3, -0.25) is 0 Å². The zero-order valence-electron chi connectivity index (χ0n) is 14.4. The van der Waals surface area contributed by atoms with Gasteiger partial charge in [0, 0.05) is 12.6 Å². The molecule has 1 aromatic heterocycles. The average Bonchev–Trinajstić information content (AvgIpc) is 2.83. The van der Waals surface area contributed by atoms with E-state index in [1.165, 1.54) is 36.2 Å². The fourth-order valence-electron chi connectivity index (χ4n) is 3.13. The Kier molecular flexibility index (Phi) is 4.50. The second-order valence-corrected chi connectivity index (χ2v) is 6.26. The standard InChI is InChI=1S/C20H19N3O3/c1-25-20(24)18-11-23-19(12-22-18)26-16-7-5-15-10-21-17(13-3-2-4-13)8-6-14(15)9-16/h2-5,7,9,11-12,17,21H,6,8,10H2,1H3. The number of nitrogens with one attached hydrogen (secondary N) is 1. The lowest BCUT2D eigenvalue weighted by Crippen LogP contribution is -2.29. The Bertz CT molecular complexity index is 888. The lowest BCUT2D eigenvalue weighted by Gasteiger charge is -2.20. The fourth-order valence-corrected chi connectivity index (χ4v) is 3.13. The number of nitrogens with zero attached hydrogens (tertiary/aromatic N) is 2. The number of esters is 1.